The predicted molar refractivity (Wildman–Crippen MR) is 100 cm³/mol. The summed E-state index contributed by atoms with van der Waals surface area (Å²) in [5.74, 6) is 0.644. The molecule has 0 amide bonds. The van der Waals surface area contributed by atoms with Crippen molar-refractivity contribution >= 4 is 15.8 Å². The van der Waals surface area contributed by atoms with E-state index in [1.807, 2.05) is 12.1 Å². The summed E-state index contributed by atoms with van der Waals surface area (Å²) in [4.78, 5) is 15.7. The molecular weight excluding hydrogens is 364 g/mol. The van der Waals surface area contributed by atoms with Crippen molar-refractivity contribution in [2.45, 2.75) is 55.7 Å². The number of aromatic nitrogens is 1. The van der Waals surface area contributed by atoms with Gasteiger partial charge in [-0.05, 0) is 44.0 Å². The predicted octanol–water partition coefficient (Wildman–Crippen LogP) is 3.05. The lowest BCUT2D eigenvalue weighted by molar-refractivity contribution is 0.0952. The first-order valence-corrected chi connectivity index (χ1v) is 10.6. The molecule has 4 rings (SSSR count). The van der Waals surface area contributed by atoms with Crippen LogP contribution in [0, 0.1) is 0 Å². The Labute approximate surface area is 159 Å². The van der Waals surface area contributed by atoms with Crippen molar-refractivity contribution in [1.82, 2.24) is 9.29 Å². The number of piperidine rings is 1. The Morgan fingerprint density at radius 3 is 2.33 bits per heavy atom. The molecule has 1 aromatic heterocycles. The van der Waals surface area contributed by atoms with Crippen molar-refractivity contribution in [2.75, 3.05) is 0 Å². The fraction of sp³-hybridized carbons (Fsp3) is 0.400. The minimum absolute atomic E-state index is 0.00163. The second-order valence-electron chi connectivity index (χ2n) is 7.20. The van der Waals surface area contributed by atoms with Crippen molar-refractivity contribution in [3.05, 3.63) is 54.4 Å². The van der Waals surface area contributed by atoms with Crippen LogP contribution in [0.5, 0.6) is 5.75 Å². The molecule has 0 radical (unpaired) electrons. The molecule has 2 unspecified atom stereocenters. The Morgan fingerprint density at radius 2 is 1.78 bits per heavy atom. The van der Waals surface area contributed by atoms with Gasteiger partial charge in [0.1, 0.15) is 11.9 Å². The average molecular weight is 386 g/mol. The molecule has 2 aliphatic rings. The first-order valence-electron chi connectivity index (χ1n) is 9.16. The lowest BCUT2D eigenvalue weighted by Gasteiger charge is -2.37. The average Bonchev–Trinajstić information content (AvgIpc) is 2.95. The zero-order valence-corrected chi connectivity index (χ0v) is 15.9. The van der Waals surface area contributed by atoms with Crippen LogP contribution in [0.1, 0.15) is 43.0 Å². The molecule has 0 spiro atoms. The van der Waals surface area contributed by atoms with Gasteiger partial charge in [-0.1, -0.05) is 12.1 Å². The van der Waals surface area contributed by atoms with Crippen molar-refractivity contribution in [2.24, 2.45) is 0 Å². The third-order valence-corrected chi connectivity index (χ3v) is 7.42. The maximum Gasteiger partial charge on any atom is 0.243 e. The van der Waals surface area contributed by atoms with E-state index in [9.17, 15) is 13.2 Å². The number of hydrogen-bond acceptors (Lipinski definition) is 5. The SMILES string of the molecule is CC(=O)c1ccc(S(=O)(=O)N2C3CCC2CC(Oc2cccnc2)C3)cc1. The standard InChI is InChI=1S/C20H22N2O4S/c1-14(23)15-4-8-20(9-5-15)27(24,25)22-16-6-7-17(22)12-19(11-16)26-18-3-2-10-21-13-18/h2-5,8-10,13,16-17,19H,6-7,11-12H2,1H3. The van der Waals surface area contributed by atoms with E-state index in [-0.39, 0.29) is 28.9 Å². The topological polar surface area (TPSA) is 76.6 Å². The minimum Gasteiger partial charge on any atom is -0.489 e. The number of rotatable bonds is 5. The highest BCUT2D eigenvalue weighted by Crippen LogP contribution is 2.40. The van der Waals surface area contributed by atoms with E-state index in [1.54, 1.807) is 28.8 Å². The molecule has 2 atom stereocenters. The summed E-state index contributed by atoms with van der Waals surface area (Å²) in [5.41, 5.74) is 0.514. The molecule has 6 nitrogen and oxygen atoms in total. The van der Waals surface area contributed by atoms with Gasteiger partial charge >= 0.3 is 0 Å². The molecule has 1 aromatic carbocycles. The molecular formula is C20H22N2O4S. The largest absolute Gasteiger partial charge is 0.489 e. The lowest BCUT2D eigenvalue weighted by Crippen LogP contribution is -2.49. The summed E-state index contributed by atoms with van der Waals surface area (Å²) < 4.78 is 34.1. The smallest absolute Gasteiger partial charge is 0.243 e. The quantitative estimate of drug-likeness (QED) is 0.738. The molecule has 0 saturated carbocycles. The molecule has 0 N–H and O–H groups in total. The van der Waals surface area contributed by atoms with Crippen LogP contribution in [-0.4, -0.2) is 41.7 Å². The number of fused-ring (bicyclic) bond motifs is 2. The summed E-state index contributed by atoms with van der Waals surface area (Å²) in [6, 6.07) is 9.81. The molecule has 2 bridgehead atoms. The first kappa shape index (κ1) is 18.1. The number of carbonyl (C=O) groups excluding carboxylic acids is 1. The van der Waals surface area contributed by atoms with Crippen LogP contribution in [-0.2, 0) is 10.0 Å². The molecule has 7 heteroatoms. The van der Waals surface area contributed by atoms with E-state index in [4.69, 9.17) is 4.74 Å². The van der Waals surface area contributed by atoms with E-state index < -0.39 is 10.0 Å². The molecule has 2 aromatic rings. The lowest BCUT2D eigenvalue weighted by atomic mass is 10.0. The van der Waals surface area contributed by atoms with Crippen molar-refractivity contribution in [3.8, 4) is 5.75 Å². The maximum atomic E-state index is 13.2. The third-order valence-electron chi connectivity index (χ3n) is 5.40. The fourth-order valence-corrected chi connectivity index (χ4v) is 6.06. The van der Waals surface area contributed by atoms with Crippen LogP contribution in [0.4, 0.5) is 0 Å². The number of ether oxygens (including phenoxy) is 1. The van der Waals surface area contributed by atoms with Gasteiger partial charge < -0.3 is 4.74 Å². The van der Waals surface area contributed by atoms with E-state index in [2.05, 4.69) is 4.98 Å². The number of Topliss-reactive ketones (excluding diaryl/α,β-unsaturated/α-hetero) is 1. The van der Waals surface area contributed by atoms with Gasteiger partial charge in [-0.3, -0.25) is 9.78 Å². The van der Waals surface area contributed by atoms with Crippen LogP contribution < -0.4 is 4.74 Å². The van der Waals surface area contributed by atoms with Gasteiger partial charge in [-0.15, -0.1) is 0 Å². The Bertz CT molecular complexity index is 914. The zero-order chi connectivity index (χ0) is 19.0. The van der Waals surface area contributed by atoms with E-state index in [0.29, 0.717) is 18.4 Å². The van der Waals surface area contributed by atoms with Crippen LogP contribution in [0.2, 0.25) is 0 Å². The maximum absolute atomic E-state index is 13.2. The van der Waals surface area contributed by atoms with E-state index in [0.717, 1.165) is 18.6 Å². The van der Waals surface area contributed by atoms with Gasteiger partial charge in [0.15, 0.2) is 5.78 Å². The highest BCUT2D eigenvalue weighted by Gasteiger charge is 2.47. The number of carbonyl (C=O) groups is 1. The number of benzene rings is 1. The molecule has 2 fully saturated rings. The molecule has 142 valence electrons. The first-order chi connectivity index (χ1) is 12.9. The van der Waals surface area contributed by atoms with Crippen molar-refractivity contribution in [3.63, 3.8) is 0 Å². The Morgan fingerprint density at radius 1 is 1.11 bits per heavy atom. The van der Waals surface area contributed by atoms with Gasteiger partial charge in [0, 0.05) is 36.7 Å². The summed E-state index contributed by atoms with van der Waals surface area (Å²) in [7, 11) is -3.58. The normalized spacial score (nSPS) is 25.3. The van der Waals surface area contributed by atoms with Gasteiger partial charge in [0.05, 0.1) is 11.1 Å². The molecule has 2 saturated heterocycles. The third kappa shape index (κ3) is 3.49. The monoisotopic (exact) mass is 386 g/mol. The van der Waals surface area contributed by atoms with Gasteiger partial charge in [0.2, 0.25) is 10.0 Å². The van der Waals surface area contributed by atoms with Crippen LogP contribution in [0.25, 0.3) is 0 Å². The summed E-state index contributed by atoms with van der Waals surface area (Å²) in [6.45, 7) is 1.47. The number of hydrogen-bond donors (Lipinski definition) is 0. The molecule has 3 heterocycles. The zero-order valence-electron chi connectivity index (χ0n) is 15.1. The van der Waals surface area contributed by atoms with Gasteiger partial charge in [0.25, 0.3) is 0 Å². The highest BCUT2D eigenvalue weighted by molar-refractivity contribution is 7.89. The number of pyridine rings is 1. The fourth-order valence-electron chi connectivity index (χ4n) is 4.17. The Kier molecular flexibility index (Phi) is 4.74. The van der Waals surface area contributed by atoms with Crippen LogP contribution in [0.3, 0.4) is 0 Å². The minimum atomic E-state index is -3.58. The van der Waals surface area contributed by atoms with Gasteiger partial charge in [-0.25, -0.2) is 8.42 Å². The second-order valence-corrected chi connectivity index (χ2v) is 9.04. The summed E-state index contributed by atoms with van der Waals surface area (Å²) in [6.07, 6.45) is 6.43. The van der Waals surface area contributed by atoms with Crippen molar-refractivity contribution < 1.29 is 17.9 Å². The van der Waals surface area contributed by atoms with Crippen LogP contribution >= 0.6 is 0 Å². The summed E-state index contributed by atoms with van der Waals surface area (Å²) >= 11 is 0. The van der Waals surface area contributed by atoms with Gasteiger partial charge in [-0.2, -0.15) is 4.31 Å². The van der Waals surface area contributed by atoms with E-state index in [1.165, 1.54) is 19.1 Å². The Balaban J connectivity index is 1.52. The van der Waals surface area contributed by atoms with Crippen LogP contribution in [0.15, 0.2) is 53.7 Å². The highest BCUT2D eigenvalue weighted by atomic mass is 32.2. The molecule has 27 heavy (non-hydrogen) atoms. The number of sulfonamides is 1. The Hall–Kier alpha value is -2.25. The molecule has 2 aliphatic heterocycles. The summed E-state index contributed by atoms with van der Waals surface area (Å²) in [5, 5.41) is 0. The van der Waals surface area contributed by atoms with Crippen molar-refractivity contribution in [1.29, 1.82) is 0 Å². The van der Waals surface area contributed by atoms with E-state index >= 15 is 0 Å². The number of nitrogens with zero attached hydrogens (tertiary/aromatic N) is 2. The number of ketones is 1. The second kappa shape index (κ2) is 7.05. The molecule has 0 aliphatic carbocycles.